The molecule has 1 aromatic carbocycles. The normalized spacial score (nSPS) is 29.5. The van der Waals surface area contributed by atoms with Gasteiger partial charge in [-0.15, -0.1) is 0 Å². The van der Waals surface area contributed by atoms with Gasteiger partial charge in [0.15, 0.2) is 0 Å². The number of carbonyl (C=O) groups excluding carboxylic acids is 1. The summed E-state index contributed by atoms with van der Waals surface area (Å²) in [5.74, 6) is 0.823. The predicted molar refractivity (Wildman–Crippen MR) is 90.1 cm³/mol. The third kappa shape index (κ3) is 2.73. The first kappa shape index (κ1) is 15.4. The summed E-state index contributed by atoms with van der Waals surface area (Å²) >= 11 is 0. The molecule has 5 heteroatoms. The van der Waals surface area contributed by atoms with Crippen LogP contribution in [0.2, 0.25) is 0 Å². The van der Waals surface area contributed by atoms with E-state index in [1.807, 2.05) is 40.0 Å². The van der Waals surface area contributed by atoms with Crippen LogP contribution in [0.1, 0.15) is 24.9 Å². The van der Waals surface area contributed by atoms with E-state index in [9.17, 15) is 4.79 Å². The number of ether oxygens (including phenoxy) is 1. The van der Waals surface area contributed by atoms with Crippen molar-refractivity contribution in [3.05, 3.63) is 54.4 Å². The van der Waals surface area contributed by atoms with E-state index in [1.165, 1.54) is 5.56 Å². The van der Waals surface area contributed by atoms with Crippen molar-refractivity contribution in [1.82, 2.24) is 14.7 Å². The van der Waals surface area contributed by atoms with E-state index in [1.54, 1.807) is 6.20 Å². The number of benzene rings is 1. The number of hydrogen-bond donors (Lipinski definition) is 0. The molecule has 0 spiro atoms. The molecule has 4 atom stereocenters. The third-order valence-electron chi connectivity index (χ3n) is 5.22. The Morgan fingerprint density at radius 1 is 1.29 bits per heavy atom. The van der Waals surface area contributed by atoms with Crippen LogP contribution in [0, 0.1) is 11.8 Å². The second-order valence-electron chi connectivity index (χ2n) is 6.89. The van der Waals surface area contributed by atoms with Gasteiger partial charge < -0.3 is 9.64 Å². The van der Waals surface area contributed by atoms with Gasteiger partial charge in [-0.1, -0.05) is 37.3 Å². The minimum absolute atomic E-state index is 0.136. The van der Waals surface area contributed by atoms with Gasteiger partial charge in [-0.25, -0.2) is 0 Å². The molecular weight excluding hydrogens is 302 g/mol. The molecule has 5 nitrogen and oxygen atoms in total. The molecule has 24 heavy (non-hydrogen) atoms. The minimum atomic E-state index is -0.340. The van der Waals surface area contributed by atoms with Crippen LogP contribution in [-0.2, 0) is 16.1 Å². The molecule has 4 rings (SSSR count). The Balaban J connectivity index is 1.48. The SMILES string of the molecule is CC1CN(C(=O)[C@@H]2OCC[C@@H]2Cn2cccn2)C1c1ccccc1. The van der Waals surface area contributed by atoms with E-state index in [0.29, 0.717) is 12.5 Å². The summed E-state index contributed by atoms with van der Waals surface area (Å²) in [6, 6.07) is 12.4. The van der Waals surface area contributed by atoms with E-state index in [0.717, 1.165) is 19.5 Å². The number of nitrogens with zero attached hydrogens (tertiary/aromatic N) is 3. The largest absolute Gasteiger partial charge is 0.368 e. The zero-order chi connectivity index (χ0) is 16.5. The fourth-order valence-electron chi connectivity index (χ4n) is 3.98. The van der Waals surface area contributed by atoms with E-state index in [-0.39, 0.29) is 24.0 Å². The van der Waals surface area contributed by atoms with Crippen molar-refractivity contribution in [2.45, 2.75) is 32.0 Å². The Morgan fingerprint density at radius 3 is 2.83 bits per heavy atom. The van der Waals surface area contributed by atoms with Gasteiger partial charge in [0, 0.05) is 38.0 Å². The zero-order valence-corrected chi connectivity index (χ0v) is 13.9. The quantitative estimate of drug-likeness (QED) is 0.868. The zero-order valence-electron chi connectivity index (χ0n) is 13.9. The van der Waals surface area contributed by atoms with Gasteiger partial charge in [0.05, 0.1) is 6.04 Å². The Morgan fingerprint density at radius 2 is 2.12 bits per heavy atom. The Bertz CT molecular complexity index is 686. The van der Waals surface area contributed by atoms with Gasteiger partial charge in [-0.2, -0.15) is 5.10 Å². The van der Waals surface area contributed by atoms with E-state index >= 15 is 0 Å². The van der Waals surface area contributed by atoms with Gasteiger partial charge in [0.1, 0.15) is 6.10 Å². The van der Waals surface area contributed by atoms with Crippen molar-refractivity contribution < 1.29 is 9.53 Å². The molecule has 0 aliphatic carbocycles. The van der Waals surface area contributed by atoms with Crippen molar-refractivity contribution in [1.29, 1.82) is 0 Å². The summed E-state index contributed by atoms with van der Waals surface area (Å²) in [6.07, 6.45) is 4.29. The molecule has 2 aliphatic rings. The number of rotatable bonds is 4. The molecule has 0 N–H and O–H groups in total. The Labute approximate surface area is 142 Å². The summed E-state index contributed by atoms with van der Waals surface area (Å²) < 4.78 is 7.72. The topological polar surface area (TPSA) is 47.4 Å². The highest BCUT2D eigenvalue weighted by Crippen LogP contribution is 2.40. The molecule has 1 aromatic heterocycles. The molecular formula is C19H23N3O2. The maximum absolute atomic E-state index is 13.1. The lowest BCUT2D eigenvalue weighted by Crippen LogP contribution is -2.55. The molecule has 126 valence electrons. The van der Waals surface area contributed by atoms with Crippen LogP contribution >= 0.6 is 0 Å². The van der Waals surface area contributed by atoms with Crippen molar-refractivity contribution in [3.63, 3.8) is 0 Å². The monoisotopic (exact) mass is 325 g/mol. The lowest BCUT2D eigenvalue weighted by Gasteiger charge is -2.48. The van der Waals surface area contributed by atoms with Crippen molar-refractivity contribution in [3.8, 4) is 0 Å². The van der Waals surface area contributed by atoms with Crippen LogP contribution < -0.4 is 0 Å². The van der Waals surface area contributed by atoms with Gasteiger partial charge >= 0.3 is 0 Å². The van der Waals surface area contributed by atoms with E-state index in [2.05, 4.69) is 24.2 Å². The average Bonchev–Trinajstić information content (AvgIpc) is 3.25. The Hall–Kier alpha value is -2.14. The number of likely N-dealkylation sites (tertiary alicyclic amines) is 1. The van der Waals surface area contributed by atoms with Crippen LogP contribution in [-0.4, -0.2) is 39.8 Å². The highest BCUT2D eigenvalue weighted by atomic mass is 16.5. The Kier molecular flexibility index (Phi) is 4.10. The van der Waals surface area contributed by atoms with Gasteiger partial charge in [-0.05, 0) is 24.0 Å². The first-order chi connectivity index (χ1) is 11.7. The molecule has 2 aromatic rings. The van der Waals surface area contributed by atoms with Gasteiger partial charge in [-0.3, -0.25) is 9.48 Å². The number of amides is 1. The lowest BCUT2D eigenvalue weighted by molar-refractivity contribution is -0.155. The molecule has 2 fully saturated rings. The van der Waals surface area contributed by atoms with Crippen molar-refractivity contribution in [2.24, 2.45) is 11.8 Å². The maximum Gasteiger partial charge on any atom is 0.252 e. The fraction of sp³-hybridized carbons (Fsp3) is 0.474. The first-order valence-corrected chi connectivity index (χ1v) is 8.68. The number of carbonyl (C=O) groups is 1. The number of hydrogen-bond acceptors (Lipinski definition) is 3. The number of aromatic nitrogens is 2. The second kappa shape index (κ2) is 6.40. The van der Waals surface area contributed by atoms with E-state index in [4.69, 9.17) is 4.74 Å². The molecule has 0 saturated carbocycles. The molecule has 0 bridgehead atoms. The standard InChI is InChI=1S/C19H23N3O2/c1-14-12-22(17(14)15-6-3-2-4-7-15)19(23)18-16(8-11-24-18)13-21-10-5-9-20-21/h2-7,9-10,14,16-18H,8,11-13H2,1H3/t14?,16-,17?,18-/m1/s1. The summed E-state index contributed by atoms with van der Waals surface area (Å²) in [6.45, 7) is 4.41. The van der Waals surface area contributed by atoms with Gasteiger partial charge in [0.2, 0.25) is 0 Å². The van der Waals surface area contributed by atoms with Crippen LogP contribution in [0.25, 0.3) is 0 Å². The van der Waals surface area contributed by atoms with Gasteiger partial charge in [0.25, 0.3) is 5.91 Å². The summed E-state index contributed by atoms with van der Waals surface area (Å²) in [5, 5.41) is 4.26. The van der Waals surface area contributed by atoms with Crippen LogP contribution in [0.5, 0.6) is 0 Å². The first-order valence-electron chi connectivity index (χ1n) is 8.68. The summed E-state index contributed by atoms with van der Waals surface area (Å²) in [7, 11) is 0. The summed E-state index contributed by atoms with van der Waals surface area (Å²) in [4.78, 5) is 15.1. The summed E-state index contributed by atoms with van der Waals surface area (Å²) in [5.41, 5.74) is 1.21. The predicted octanol–water partition coefficient (Wildman–Crippen LogP) is 2.51. The van der Waals surface area contributed by atoms with Crippen LogP contribution in [0.3, 0.4) is 0 Å². The molecule has 1 amide bonds. The average molecular weight is 325 g/mol. The molecule has 2 aliphatic heterocycles. The maximum atomic E-state index is 13.1. The van der Waals surface area contributed by atoms with E-state index < -0.39 is 0 Å². The lowest BCUT2D eigenvalue weighted by atomic mass is 9.83. The highest BCUT2D eigenvalue weighted by Gasteiger charge is 2.45. The molecule has 2 saturated heterocycles. The van der Waals surface area contributed by atoms with Crippen LogP contribution in [0.15, 0.2) is 48.8 Å². The molecule has 0 radical (unpaired) electrons. The smallest absolute Gasteiger partial charge is 0.252 e. The third-order valence-corrected chi connectivity index (χ3v) is 5.22. The molecule has 3 heterocycles. The minimum Gasteiger partial charge on any atom is -0.368 e. The fourth-order valence-corrected chi connectivity index (χ4v) is 3.98. The van der Waals surface area contributed by atoms with Crippen LogP contribution in [0.4, 0.5) is 0 Å². The second-order valence-corrected chi connectivity index (χ2v) is 6.89. The van der Waals surface area contributed by atoms with Crippen molar-refractivity contribution in [2.75, 3.05) is 13.2 Å². The molecule has 2 unspecified atom stereocenters. The van der Waals surface area contributed by atoms with Crippen molar-refractivity contribution >= 4 is 5.91 Å². The highest BCUT2D eigenvalue weighted by molar-refractivity contribution is 5.83.